The van der Waals surface area contributed by atoms with Crippen molar-refractivity contribution in [2.45, 2.75) is 12.5 Å². The van der Waals surface area contributed by atoms with Gasteiger partial charge >= 0.3 is 0 Å². The molecule has 0 saturated heterocycles. The fourth-order valence-electron chi connectivity index (χ4n) is 3.37. The number of thiophene rings is 1. The molecule has 1 atom stereocenters. The second kappa shape index (κ2) is 9.98. The van der Waals surface area contributed by atoms with E-state index in [1.54, 1.807) is 31.8 Å². The molecule has 0 fully saturated rings. The van der Waals surface area contributed by atoms with Crippen molar-refractivity contribution in [3.63, 3.8) is 0 Å². The molecule has 7 heteroatoms. The quantitative estimate of drug-likeness (QED) is 0.277. The lowest BCUT2D eigenvalue weighted by Crippen LogP contribution is -2.38. The van der Waals surface area contributed by atoms with E-state index in [4.69, 9.17) is 10.1 Å². The van der Waals surface area contributed by atoms with Gasteiger partial charge in [0.1, 0.15) is 11.8 Å². The molecule has 160 valence electrons. The Labute approximate surface area is 190 Å². The molecule has 4 aromatic rings. The van der Waals surface area contributed by atoms with Gasteiger partial charge in [-0.25, -0.2) is 0 Å². The fourth-order valence-corrected chi connectivity index (χ4v) is 4.22. The summed E-state index contributed by atoms with van der Waals surface area (Å²) in [7, 11) is 1.56. The molecule has 32 heavy (non-hydrogen) atoms. The van der Waals surface area contributed by atoms with Gasteiger partial charge in [0.05, 0.1) is 25.2 Å². The zero-order valence-corrected chi connectivity index (χ0v) is 18.3. The third kappa shape index (κ3) is 4.90. The number of carbonyl (C=O) groups is 1. The van der Waals surface area contributed by atoms with Crippen LogP contribution in [0.2, 0.25) is 0 Å². The van der Waals surface area contributed by atoms with E-state index in [1.807, 2.05) is 59.3 Å². The molecule has 2 N–H and O–H groups in total. The van der Waals surface area contributed by atoms with E-state index < -0.39 is 6.04 Å². The van der Waals surface area contributed by atoms with Crippen LogP contribution in [-0.2, 0) is 6.42 Å². The zero-order chi connectivity index (χ0) is 22.3. The van der Waals surface area contributed by atoms with E-state index in [-0.39, 0.29) is 17.9 Å². The van der Waals surface area contributed by atoms with Crippen LogP contribution in [0.4, 0.5) is 5.69 Å². The van der Waals surface area contributed by atoms with Crippen LogP contribution in [0.3, 0.4) is 0 Å². The number of nitrogens with zero attached hydrogens (tertiary/aromatic N) is 2. The van der Waals surface area contributed by atoms with Crippen molar-refractivity contribution >= 4 is 28.5 Å². The smallest absolute Gasteiger partial charge is 0.192 e. The van der Waals surface area contributed by atoms with Gasteiger partial charge in [0, 0.05) is 46.6 Å². The molecular weight excluding hydrogens is 420 g/mol. The third-order valence-corrected chi connectivity index (χ3v) is 5.72. The lowest BCUT2D eigenvalue weighted by molar-refractivity contribution is 0.0990. The number of methoxy groups -OCH3 is 1. The Balaban J connectivity index is 1.68. The van der Waals surface area contributed by atoms with Crippen LogP contribution >= 0.6 is 11.3 Å². The van der Waals surface area contributed by atoms with Gasteiger partial charge < -0.3 is 15.5 Å². The minimum atomic E-state index is -0.872. The highest BCUT2D eigenvalue weighted by Crippen LogP contribution is 2.29. The summed E-state index contributed by atoms with van der Waals surface area (Å²) in [5, 5.41) is 15.8. The van der Waals surface area contributed by atoms with Crippen molar-refractivity contribution in [3.05, 3.63) is 95.2 Å². The Morgan fingerprint density at radius 1 is 1.12 bits per heavy atom. The number of hydrogen-bond acceptors (Lipinski definition) is 7. The van der Waals surface area contributed by atoms with Gasteiger partial charge in [0.15, 0.2) is 5.78 Å². The van der Waals surface area contributed by atoms with E-state index in [0.29, 0.717) is 17.0 Å². The molecule has 0 bridgehead atoms. The molecule has 0 aliphatic heterocycles. The first-order chi connectivity index (χ1) is 15.7. The minimum Gasteiger partial charge on any atom is -0.495 e. The van der Waals surface area contributed by atoms with Gasteiger partial charge in [0.2, 0.25) is 0 Å². The maximum absolute atomic E-state index is 13.7. The van der Waals surface area contributed by atoms with Crippen LogP contribution in [0.1, 0.15) is 16.1 Å². The van der Waals surface area contributed by atoms with Gasteiger partial charge in [0.25, 0.3) is 0 Å². The third-order valence-electron chi connectivity index (χ3n) is 4.98. The van der Waals surface area contributed by atoms with Crippen molar-refractivity contribution in [1.29, 1.82) is 5.41 Å². The first-order valence-corrected chi connectivity index (χ1v) is 11.0. The van der Waals surface area contributed by atoms with E-state index in [0.717, 1.165) is 16.8 Å². The molecule has 0 radical (unpaired) electrons. The van der Waals surface area contributed by atoms with Crippen molar-refractivity contribution in [1.82, 2.24) is 9.97 Å². The Hall–Kier alpha value is -3.84. The van der Waals surface area contributed by atoms with E-state index in [2.05, 4.69) is 15.3 Å². The Kier molecular flexibility index (Phi) is 6.67. The number of hydrogen-bond donors (Lipinski definition) is 2. The highest BCUT2D eigenvalue weighted by Gasteiger charge is 2.28. The number of aromatic nitrogens is 2. The van der Waals surface area contributed by atoms with Crippen LogP contribution in [-0.4, -0.2) is 34.6 Å². The average Bonchev–Trinajstić information content (AvgIpc) is 3.33. The summed E-state index contributed by atoms with van der Waals surface area (Å²) >= 11 is 1.47. The van der Waals surface area contributed by atoms with Crippen LogP contribution in [0.25, 0.3) is 11.1 Å². The summed E-state index contributed by atoms with van der Waals surface area (Å²) in [5.74, 6) is 0.395. The predicted molar refractivity (Wildman–Crippen MR) is 128 cm³/mol. The Morgan fingerprint density at radius 3 is 2.69 bits per heavy atom. The monoisotopic (exact) mass is 442 g/mol. The number of anilines is 1. The van der Waals surface area contributed by atoms with E-state index in [1.165, 1.54) is 11.3 Å². The minimum absolute atomic E-state index is 0.172. The van der Waals surface area contributed by atoms with Gasteiger partial charge in [-0.05, 0) is 23.1 Å². The molecule has 1 aromatic carbocycles. The molecule has 0 amide bonds. The zero-order valence-electron chi connectivity index (χ0n) is 17.5. The summed E-state index contributed by atoms with van der Waals surface area (Å²) in [4.78, 5) is 22.2. The highest BCUT2D eigenvalue weighted by molar-refractivity contribution is 7.08. The molecule has 0 aliphatic carbocycles. The topological polar surface area (TPSA) is 88.0 Å². The Bertz CT molecular complexity index is 1210. The van der Waals surface area contributed by atoms with Crippen molar-refractivity contribution < 1.29 is 9.53 Å². The summed E-state index contributed by atoms with van der Waals surface area (Å²) in [6.45, 7) is 0. The lowest BCUT2D eigenvalue weighted by Gasteiger charge is -2.20. The van der Waals surface area contributed by atoms with Crippen molar-refractivity contribution in [2.75, 3.05) is 12.4 Å². The van der Waals surface area contributed by atoms with Crippen LogP contribution in [0, 0.1) is 5.41 Å². The number of nitrogens with one attached hydrogen (secondary N) is 2. The van der Waals surface area contributed by atoms with Gasteiger partial charge in [-0.1, -0.05) is 36.4 Å². The lowest BCUT2D eigenvalue weighted by atomic mass is 9.94. The molecule has 6 nitrogen and oxygen atoms in total. The van der Waals surface area contributed by atoms with Crippen LogP contribution in [0.15, 0.2) is 83.9 Å². The molecule has 4 rings (SSSR count). The SMILES string of the molecule is COc1cncc(NC(C(=N)Cc2ccccn2)C(=O)c2cscc2-c2ccccc2)c1. The first kappa shape index (κ1) is 21.4. The molecule has 3 aromatic heterocycles. The Morgan fingerprint density at radius 2 is 1.94 bits per heavy atom. The molecular formula is C25H22N4O2S. The van der Waals surface area contributed by atoms with E-state index >= 15 is 0 Å². The summed E-state index contributed by atoms with van der Waals surface area (Å²) in [6.07, 6.45) is 5.15. The maximum atomic E-state index is 13.7. The second-order valence-electron chi connectivity index (χ2n) is 7.14. The number of ether oxygens (including phenoxy) is 1. The second-order valence-corrected chi connectivity index (χ2v) is 7.89. The largest absolute Gasteiger partial charge is 0.495 e. The first-order valence-electron chi connectivity index (χ1n) is 10.0. The molecule has 0 spiro atoms. The van der Waals surface area contributed by atoms with Gasteiger partial charge in [-0.2, -0.15) is 11.3 Å². The van der Waals surface area contributed by atoms with Crippen LogP contribution in [0.5, 0.6) is 5.75 Å². The fraction of sp³-hybridized carbons (Fsp3) is 0.120. The number of benzene rings is 1. The molecule has 3 heterocycles. The maximum Gasteiger partial charge on any atom is 0.192 e. The highest BCUT2D eigenvalue weighted by atomic mass is 32.1. The number of Topliss-reactive ketones (excluding diaryl/α,β-unsaturated/α-hetero) is 1. The van der Waals surface area contributed by atoms with Crippen molar-refractivity contribution in [2.24, 2.45) is 0 Å². The van der Waals surface area contributed by atoms with Gasteiger partial charge in [-0.3, -0.25) is 14.8 Å². The number of pyridine rings is 2. The summed E-state index contributed by atoms with van der Waals surface area (Å²) in [5.41, 5.74) is 3.97. The average molecular weight is 443 g/mol. The molecule has 1 unspecified atom stereocenters. The summed E-state index contributed by atoms with van der Waals surface area (Å²) < 4.78 is 5.25. The predicted octanol–water partition coefficient (Wildman–Crippen LogP) is 5.14. The van der Waals surface area contributed by atoms with E-state index in [9.17, 15) is 4.79 Å². The molecule has 0 saturated carbocycles. The number of rotatable bonds is 9. The van der Waals surface area contributed by atoms with Crippen LogP contribution < -0.4 is 10.1 Å². The molecule has 0 aliphatic rings. The number of carbonyl (C=O) groups excluding carboxylic acids is 1. The normalized spacial score (nSPS) is 11.5. The standard InChI is InChI=1S/C25H22N4O2S/c1-31-20-11-19(13-27-14-20)29-24(23(26)12-18-9-5-6-10-28-18)25(30)22-16-32-15-21(22)17-7-3-2-4-8-17/h2-11,13-16,24,26,29H,12H2,1H3. The summed E-state index contributed by atoms with van der Waals surface area (Å²) in [6, 6.07) is 16.2. The number of ketones is 1. The van der Waals surface area contributed by atoms with Gasteiger partial charge in [-0.15, -0.1) is 0 Å². The van der Waals surface area contributed by atoms with Crippen molar-refractivity contribution in [3.8, 4) is 16.9 Å².